The van der Waals surface area contributed by atoms with Gasteiger partial charge in [-0.25, -0.2) is 0 Å². The number of hydrogen-bond acceptors (Lipinski definition) is 3. The third-order valence-corrected chi connectivity index (χ3v) is 3.34. The van der Waals surface area contributed by atoms with Crippen molar-refractivity contribution in [2.45, 2.75) is 6.04 Å². The molecule has 2 N–H and O–H groups in total. The quantitative estimate of drug-likeness (QED) is 0.835. The second kappa shape index (κ2) is 4.00. The summed E-state index contributed by atoms with van der Waals surface area (Å²) in [5, 5.41) is 14.8. The molecule has 2 rings (SSSR count). The van der Waals surface area contributed by atoms with Crippen LogP contribution in [0.25, 0.3) is 10.1 Å². The Kier molecular flexibility index (Phi) is 2.70. The molecule has 1 heterocycles. The first-order valence-corrected chi connectivity index (χ1v) is 5.48. The highest BCUT2D eigenvalue weighted by atomic mass is 32.1. The van der Waals surface area contributed by atoms with E-state index in [2.05, 4.69) is 5.32 Å². The minimum absolute atomic E-state index is 0.624. The maximum atomic E-state index is 11.0. The summed E-state index contributed by atoms with van der Waals surface area (Å²) in [6.07, 6.45) is 0. The van der Waals surface area contributed by atoms with Gasteiger partial charge in [0, 0.05) is 4.70 Å². The van der Waals surface area contributed by atoms with Crippen LogP contribution in [0.3, 0.4) is 0 Å². The molecule has 0 aliphatic heterocycles. The lowest BCUT2D eigenvalue weighted by Crippen LogP contribution is -2.24. The van der Waals surface area contributed by atoms with Crippen molar-refractivity contribution in [1.29, 1.82) is 0 Å². The molecular formula is C11H11NO2S. The molecule has 2 aromatic rings. The van der Waals surface area contributed by atoms with Crippen molar-refractivity contribution in [3.05, 3.63) is 35.2 Å². The van der Waals surface area contributed by atoms with Crippen LogP contribution in [0.4, 0.5) is 0 Å². The van der Waals surface area contributed by atoms with E-state index in [1.54, 1.807) is 18.4 Å². The largest absolute Gasteiger partial charge is 0.480 e. The molecule has 0 saturated heterocycles. The zero-order chi connectivity index (χ0) is 10.8. The van der Waals surface area contributed by atoms with E-state index >= 15 is 0 Å². The van der Waals surface area contributed by atoms with E-state index in [4.69, 9.17) is 5.11 Å². The Morgan fingerprint density at radius 2 is 2.20 bits per heavy atom. The Bertz CT molecular complexity index is 492. The number of carbonyl (C=O) groups is 1. The summed E-state index contributed by atoms with van der Waals surface area (Å²) in [7, 11) is 1.66. The number of hydrogen-bond donors (Lipinski definition) is 2. The average molecular weight is 221 g/mol. The van der Waals surface area contributed by atoms with Gasteiger partial charge in [0.2, 0.25) is 0 Å². The molecule has 0 fully saturated rings. The highest BCUT2D eigenvalue weighted by Gasteiger charge is 2.20. The number of fused-ring (bicyclic) bond motifs is 1. The molecule has 1 aromatic carbocycles. The van der Waals surface area contributed by atoms with Crippen LogP contribution in [-0.4, -0.2) is 18.1 Å². The van der Waals surface area contributed by atoms with Crippen molar-refractivity contribution in [1.82, 2.24) is 5.32 Å². The number of carboxylic acids is 1. The second-order valence-corrected chi connectivity index (χ2v) is 4.16. The van der Waals surface area contributed by atoms with E-state index in [1.807, 2.05) is 29.6 Å². The van der Waals surface area contributed by atoms with E-state index in [0.717, 1.165) is 15.6 Å². The van der Waals surface area contributed by atoms with Crippen LogP contribution in [0.1, 0.15) is 11.6 Å². The summed E-state index contributed by atoms with van der Waals surface area (Å²) in [5.41, 5.74) is 0.839. The zero-order valence-electron chi connectivity index (χ0n) is 8.23. The number of thiophene rings is 1. The number of likely N-dealkylation sites (N-methyl/N-ethyl adjacent to an activating group) is 1. The Hall–Kier alpha value is -1.39. The van der Waals surface area contributed by atoms with E-state index in [-0.39, 0.29) is 0 Å². The highest BCUT2D eigenvalue weighted by molar-refractivity contribution is 7.17. The van der Waals surface area contributed by atoms with Crippen molar-refractivity contribution >= 4 is 27.4 Å². The number of rotatable bonds is 3. The number of carboxylic acid groups (broad SMARTS) is 1. The second-order valence-electron chi connectivity index (χ2n) is 3.25. The molecule has 0 saturated carbocycles. The summed E-state index contributed by atoms with van der Waals surface area (Å²) in [5.74, 6) is -0.846. The third kappa shape index (κ3) is 1.73. The Labute approximate surface area is 91.4 Å². The number of aliphatic carboxylic acids is 1. The lowest BCUT2D eigenvalue weighted by atomic mass is 10.1. The number of benzene rings is 1. The van der Waals surface area contributed by atoms with Gasteiger partial charge in [0.15, 0.2) is 0 Å². The molecule has 0 radical (unpaired) electrons. The molecule has 4 heteroatoms. The van der Waals surface area contributed by atoms with Gasteiger partial charge in [-0.15, -0.1) is 11.3 Å². The van der Waals surface area contributed by atoms with Crippen molar-refractivity contribution in [2.24, 2.45) is 0 Å². The first-order valence-electron chi connectivity index (χ1n) is 4.60. The van der Waals surface area contributed by atoms with Gasteiger partial charge in [0.1, 0.15) is 6.04 Å². The molecule has 0 aliphatic rings. The average Bonchev–Trinajstić information content (AvgIpc) is 2.63. The smallest absolute Gasteiger partial charge is 0.325 e. The maximum absolute atomic E-state index is 11.0. The molecule has 1 unspecified atom stereocenters. The van der Waals surface area contributed by atoms with E-state index in [1.165, 1.54) is 0 Å². The molecular weight excluding hydrogens is 210 g/mol. The SMILES string of the molecule is CNC(C(=O)O)c1csc2ccccc12. The van der Waals surface area contributed by atoms with Gasteiger partial charge in [0.25, 0.3) is 0 Å². The first-order chi connectivity index (χ1) is 7.24. The van der Waals surface area contributed by atoms with Crippen LogP contribution >= 0.6 is 11.3 Å². The molecule has 78 valence electrons. The molecule has 1 atom stereocenters. The summed E-state index contributed by atoms with van der Waals surface area (Å²) in [6, 6.07) is 7.21. The van der Waals surface area contributed by atoms with E-state index in [9.17, 15) is 4.79 Å². The summed E-state index contributed by atoms with van der Waals surface area (Å²) in [4.78, 5) is 11.0. The van der Waals surface area contributed by atoms with Gasteiger partial charge >= 0.3 is 5.97 Å². The summed E-state index contributed by atoms with van der Waals surface area (Å²) in [6.45, 7) is 0. The van der Waals surface area contributed by atoms with Crippen molar-refractivity contribution in [2.75, 3.05) is 7.05 Å². The van der Waals surface area contributed by atoms with Gasteiger partial charge in [-0.2, -0.15) is 0 Å². The van der Waals surface area contributed by atoms with Crippen molar-refractivity contribution in [3.63, 3.8) is 0 Å². The normalized spacial score (nSPS) is 12.9. The van der Waals surface area contributed by atoms with Crippen LogP contribution in [0.2, 0.25) is 0 Å². The van der Waals surface area contributed by atoms with Crippen molar-refractivity contribution < 1.29 is 9.90 Å². The van der Waals surface area contributed by atoms with E-state index < -0.39 is 12.0 Å². The number of nitrogens with one attached hydrogen (secondary N) is 1. The van der Waals surface area contributed by atoms with Gasteiger partial charge < -0.3 is 10.4 Å². The van der Waals surface area contributed by atoms with Crippen LogP contribution < -0.4 is 5.32 Å². The van der Waals surface area contributed by atoms with Crippen LogP contribution in [0.15, 0.2) is 29.6 Å². The van der Waals surface area contributed by atoms with E-state index in [0.29, 0.717) is 0 Å². The summed E-state index contributed by atoms with van der Waals surface area (Å²) >= 11 is 1.57. The molecule has 0 bridgehead atoms. The highest BCUT2D eigenvalue weighted by Crippen LogP contribution is 2.30. The lowest BCUT2D eigenvalue weighted by Gasteiger charge is -2.09. The molecule has 0 spiro atoms. The Morgan fingerprint density at radius 1 is 1.47 bits per heavy atom. The Balaban J connectivity index is 2.55. The third-order valence-electron chi connectivity index (χ3n) is 2.36. The van der Waals surface area contributed by atoms with Crippen LogP contribution in [-0.2, 0) is 4.79 Å². The van der Waals surface area contributed by atoms with Crippen molar-refractivity contribution in [3.8, 4) is 0 Å². The Morgan fingerprint density at radius 3 is 2.87 bits per heavy atom. The summed E-state index contributed by atoms with van der Waals surface area (Å²) < 4.78 is 1.12. The monoisotopic (exact) mass is 221 g/mol. The molecule has 15 heavy (non-hydrogen) atoms. The lowest BCUT2D eigenvalue weighted by molar-refractivity contribution is -0.139. The fourth-order valence-corrected chi connectivity index (χ4v) is 2.62. The maximum Gasteiger partial charge on any atom is 0.325 e. The van der Waals surface area contributed by atoms with Gasteiger partial charge in [0.05, 0.1) is 0 Å². The topological polar surface area (TPSA) is 49.3 Å². The van der Waals surface area contributed by atoms with Gasteiger partial charge in [-0.3, -0.25) is 4.79 Å². The molecule has 0 amide bonds. The minimum atomic E-state index is -0.846. The van der Waals surface area contributed by atoms with Crippen LogP contribution in [0, 0.1) is 0 Å². The fraction of sp³-hybridized carbons (Fsp3) is 0.182. The zero-order valence-corrected chi connectivity index (χ0v) is 9.04. The predicted octanol–water partition coefficient (Wildman–Crippen LogP) is 2.25. The fourth-order valence-electron chi connectivity index (χ4n) is 1.63. The predicted molar refractivity (Wildman–Crippen MR) is 61.3 cm³/mol. The first kappa shape index (κ1) is 10.1. The van der Waals surface area contributed by atoms with Gasteiger partial charge in [-0.1, -0.05) is 18.2 Å². The standard InChI is InChI=1S/C11H11NO2S/c1-12-10(11(13)14)8-6-15-9-5-3-2-4-7(8)9/h2-6,10,12H,1H3,(H,13,14). The molecule has 1 aromatic heterocycles. The minimum Gasteiger partial charge on any atom is -0.480 e. The molecule has 3 nitrogen and oxygen atoms in total. The van der Waals surface area contributed by atoms with Gasteiger partial charge in [-0.05, 0) is 29.4 Å². The molecule has 0 aliphatic carbocycles. The van der Waals surface area contributed by atoms with Crippen LogP contribution in [0.5, 0.6) is 0 Å².